The first kappa shape index (κ1) is 24.8. The number of hydrogen-bond donors (Lipinski definition) is 3. The Morgan fingerprint density at radius 3 is 2.21 bits per heavy atom. The first-order valence-corrected chi connectivity index (χ1v) is 9.23. The van der Waals surface area contributed by atoms with Gasteiger partial charge in [0.05, 0.1) is 6.54 Å². The standard InChI is InChI=1S/C20H30F2N2O5/c1-13(2)20(23,16(26)28-11-14-9-7-6-8-10-14)15(25)19(21,22)12-24-17(27)29-18(3,4)5/h6-10,13,15,25H,11-12,23H2,1-5H3,(H,24,27). The fraction of sp³-hybridized carbons (Fsp3) is 0.600. The fourth-order valence-electron chi connectivity index (χ4n) is 2.46. The van der Waals surface area contributed by atoms with E-state index in [-0.39, 0.29) is 6.61 Å². The van der Waals surface area contributed by atoms with E-state index in [0.717, 1.165) is 0 Å². The first-order valence-electron chi connectivity index (χ1n) is 9.23. The van der Waals surface area contributed by atoms with Crippen molar-refractivity contribution in [3.05, 3.63) is 35.9 Å². The number of aliphatic hydroxyl groups is 1. The monoisotopic (exact) mass is 416 g/mol. The van der Waals surface area contributed by atoms with Crippen molar-refractivity contribution in [3.63, 3.8) is 0 Å². The fourth-order valence-corrected chi connectivity index (χ4v) is 2.46. The summed E-state index contributed by atoms with van der Waals surface area (Å²) in [6.07, 6.45) is -3.68. The predicted octanol–water partition coefficient (Wildman–Crippen LogP) is 2.60. The van der Waals surface area contributed by atoms with Gasteiger partial charge in [0.15, 0.2) is 0 Å². The highest BCUT2D eigenvalue weighted by atomic mass is 19.3. The second-order valence-corrected chi connectivity index (χ2v) is 8.17. The predicted molar refractivity (Wildman–Crippen MR) is 103 cm³/mol. The lowest BCUT2D eigenvalue weighted by Gasteiger charge is -2.39. The number of alkyl carbamates (subject to hydrolysis) is 1. The van der Waals surface area contributed by atoms with Crippen LogP contribution in [0, 0.1) is 5.92 Å². The van der Waals surface area contributed by atoms with Gasteiger partial charge in [-0.05, 0) is 32.3 Å². The summed E-state index contributed by atoms with van der Waals surface area (Å²) in [5, 5.41) is 12.2. The molecule has 2 unspecified atom stereocenters. The molecule has 0 aliphatic heterocycles. The number of nitrogens with two attached hydrogens (primary N) is 1. The molecular weight excluding hydrogens is 386 g/mol. The van der Waals surface area contributed by atoms with Crippen LogP contribution in [-0.2, 0) is 20.9 Å². The van der Waals surface area contributed by atoms with Gasteiger partial charge < -0.3 is 25.6 Å². The molecule has 0 aliphatic carbocycles. The second-order valence-electron chi connectivity index (χ2n) is 8.17. The Balaban J connectivity index is 2.87. The highest BCUT2D eigenvalue weighted by Crippen LogP contribution is 2.31. The molecule has 9 heteroatoms. The van der Waals surface area contributed by atoms with E-state index in [2.05, 4.69) is 0 Å². The van der Waals surface area contributed by atoms with Gasteiger partial charge in [-0.2, -0.15) is 0 Å². The quantitative estimate of drug-likeness (QED) is 0.562. The van der Waals surface area contributed by atoms with Crippen molar-refractivity contribution in [2.45, 2.75) is 64.4 Å². The molecule has 0 aromatic heterocycles. The Morgan fingerprint density at radius 1 is 1.17 bits per heavy atom. The molecular formula is C20H30F2N2O5. The first-order chi connectivity index (χ1) is 13.2. The lowest BCUT2D eigenvalue weighted by Crippen LogP contribution is -2.68. The van der Waals surface area contributed by atoms with Crippen LogP contribution in [0.25, 0.3) is 0 Å². The number of halogens is 2. The van der Waals surface area contributed by atoms with Crippen molar-refractivity contribution in [3.8, 4) is 0 Å². The average molecular weight is 416 g/mol. The number of alkyl halides is 2. The minimum absolute atomic E-state index is 0.181. The molecule has 1 amide bonds. The van der Waals surface area contributed by atoms with Gasteiger partial charge in [0.2, 0.25) is 0 Å². The van der Waals surface area contributed by atoms with Crippen molar-refractivity contribution < 1.29 is 33.0 Å². The summed E-state index contributed by atoms with van der Waals surface area (Å²) in [5.41, 5.74) is 3.30. The number of esters is 1. The molecule has 7 nitrogen and oxygen atoms in total. The number of hydrogen-bond acceptors (Lipinski definition) is 6. The molecule has 1 aromatic carbocycles. The molecule has 4 N–H and O–H groups in total. The van der Waals surface area contributed by atoms with Gasteiger partial charge in [0.25, 0.3) is 5.92 Å². The molecule has 0 heterocycles. The van der Waals surface area contributed by atoms with E-state index < -0.39 is 47.7 Å². The minimum Gasteiger partial charge on any atom is -0.459 e. The average Bonchev–Trinajstić information content (AvgIpc) is 2.62. The Hall–Kier alpha value is -2.26. The maximum absolute atomic E-state index is 14.6. The van der Waals surface area contributed by atoms with Crippen LogP contribution < -0.4 is 11.1 Å². The zero-order chi connectivity index (χ0) is 22.5. The van der Waals surface area contributed by atoms with Gasteiger partial charge in [-0.1, -0.05) is 44.2 Å². The third-order valence-corrected chi connectivity index (χ3v) is 4.24. The molecule has 0 spiro atoms. The van der Waals surface area contributed by atoms with Gasteiger partial charge in [-0.15, -0.1) is 0 Å². The highest BCUT2D eigenvalue weighted by Gasteiger charge is 2.57. The number of amides is 1. The number of ether oxygens (including phenoxy) is 2. The number of benzene rings is 1. The van der Waals surface area contributed by atoms with Crippen LogP contribution in [0.5, 0.6) is 0 Å². The highest BCUT2D eigenvalue weighted by molar-refractivity contribution is 5.82. The number of rotatable bonds is 8. The summed E-state index contributed by atoms with van der Waals surface area (Å²) in [6, 6.07) is 8.61. The third-order valence-electron chi connectivity index (χ3n) is 4.24. The maximum Gasteiger partial charge on any atom is 0.407 e. The lowest BCUT2D eigenvalue weighted by molar-refractivity contribution is -0.180. The van der Waals surface area contributed by atoms with Crippen molar-refractivity contribution in [1.29, 1.82) is 0 Å². The van der Waals surface area contributed by atoms with Gasteiger partial charge in [0, 0.05) is 0 Å². The summed E-state index contributed by atoms with van der Waals surface area (Å²) in [4.78, 5) is 24.2. The Labute approximate surface area is 169 Å². The summed E-state index contributed by atoms with van der Waals surface area (Å²) >= 11 is 0. The van der Waals surface area contributed by atoms with Crippen LogP contribution in [0.2, 0.25) is 0 Å². The van der Waals surface area contributed by atoms with Crippen LogP contribution in [-0.4, -0.2) is 46.9 Å². The van der Waals surface area contributed by atoms with Gasteiger partial charge >= 0.3 is 12.1 Å². The van der Waals surface area contributed by atoms with Crippen LogP contribution in [0.1, 0.15) is 40.2 Å². The normalized spacial score (nSPS) is 15.4. The molecule has 164 valence electrons. The number of carbonyl (C=O) groups is 2. The summed E-state index contributed by atoms with van der Waals surface area (Å²) in [7, 11) is 0. The van der Waals surface area contributed by atoms with Gasteiger partial charge in [-0.3, -0.25) is 0 Å². The molecule has 1 aromatic rings. The summed E-state index contributed by atoms with van der Waals surface area (Å²) in [5.74, 6) is -5.96. The lowest BCUT2D eigenvalue weighted by atomic mass is 9.79. The Kier molecular flexibility index (Phi) is 8.11. The molecule has 1 rings (SSSR count). The third kappa shape index (κ3) is 6.93. The molecule has 0 saturated carbocycles. The zero-order valence-corrected chi connectivity index (χ0v) is 17.4. The summed E-state index contributed by atoms with van der Waals surface area (Å²) in [6.45, 7) is 6.12. The topological polar surface area (TPSA) is 111 Å². The van der Waals surface area contributed by atoms with E-state index in [0.29, 0.717) is 5.56 Å². The van der Waals surface area contributed by atoms with Crippen molar-refractivity contribution in [2.75, 3.05) is 6.54 Å². The minimum atomic E-state index is -3.91. The SMILES string of the molecule is CC(C)C(N)(C(=O)OCc1ccccc1)C(O)C(F)(F)CNC(=O)OC(C)(C)C. The van der Waals surface area contributed by atoms with E-state index in [1.54, 1.807) is 51.1 Å². The van der Waals surface area contributed by atoms with Crippen molar-refractivity contribution >= 4 is 12.1 Å². The Bertz CT molecular complexity index is 692. The largest absolute Gasteiger partial charge is 0.459 e. The molecule has 0 radical (unpaired) electrons. The van der Waals surface area contributed by atoms with Crippen LogP contribution >= 0.6 is 0 Å². The molecule has 0 aliphatic rings. The van der Waals surface area contributed by atoms with Crippen molar-refractivity contribution in [1.82, 2.24) is 5.32 Å². The number of aliphatic hydroxyl groups excluding tert-OH is 1. The van der Waals surface area contributed by atoms with Gasteiger partial charge in [-0.25, -0.2) is 18.4 Å². The summed E-state index contributed by atoms with van der Waals surface area (Å²) < 4.78 is 39.1. The van der Waals surface area contributed by atoms with E-state index in [4.69, 9.17) is 15.2 Å². The molecule has 0 fully saturated rings. The van der Waals surface area contributed by atoms with E-state index >= 15 is 0 Å². The molecule has 29 heavy (non-hydrogen) atoms. The van der Waals surface area contributed by atoms with Crippen LogP contribution in [0.4, 0.5) is 13.6 Å². The Morgan fingerprint density at radius 2 is 1.72 bits per heavy atom. The van der Waals surface area contributed by atoms with E-state index in [9.17, 15) is 23.5 Å². The van der Waals surface area contributed by atoms with E-state index in [1.807, 2.05) is 5.32 Å². The number of carbonyl (C=O) groups excluding carboxylic acids is 2. The van der Waals surface area contributed by atoms with Crippen LogP contribution in [0.15, 0.2) is 30.3 Å². The smallest absolute Gasteiger partial charge is 0.407 e. The van der Waals surface area contributed by atoms with E-state index in [1.165, 1.54) is 13.8 Å². The second kappa shape index (κ2) is 9.49. The van der Waals surface area contributed by atoms with Crippen LogP contribution in [0.3, 0.4) is 0 Å². The zero-order valence-electron chi connectivity index (χ0n) is 17.4. The molecule has 0 saturated heterocycles. The molecule has 2 atom stereocenters. The van der Waals surface area contributed by atoms with Gasteiger partial charge in [0.1, 0.15) is 23.9 Å². The van der Waals surface area contributed by atoms with Crippen molar-refractivity contribution in [2.24, 2.45) is 11.7 Å². The number of nitrogens with one attached hydrogen (secondary N) is 1. The maximum atomic E-state index is 14.6. The molecule has 0 bridgehead atoms.